The lowest BCUT2D eigenvalue weighted by atomic mass is 10.2. The summed E-state index contributed by atoms with van der Waals surface area (Å²) in [6.45, 7) is 0. The third-order valence-corrected chi connectivity index (χ3v) is 5.96. The van der Waals surface area contributed by atoms with E-state index < -0.39 is 22.2 Å². The van der Waals surface area contributed by atoms with Crippen molar-refractivity contribution in [3.63, 3.8) is 0 Å². The largest absolute Gasteiger partial charge is 0.586 e. The average molecular weight is 456 g/mol. The van der Waals surface area contributed by atoms with Gasteiger partial charge >= 0.3 is 6.29 Å². The van der Waals surface area contributed by atoms with Crippen LogP contribution in [0.1, 0.15) is 10.5 Å². The number of carbonyl (C=O) groups excluding carboxylic acids is 1. The van der Waals surface area contributed by atoms with Crippen molar-refractivity contribution in [3.05, 3.63) is 59.4 Å². The Morgan fingerprint density at radius 2 is 1.90 bits per heavy atom. The second-order valence-corrected chi connectivity index (χ2v) is 8.28. The van der Waals surface area contributed by atoms with E-state index in [0.717, 1.165) is 0 Å². The van der Waals surface area contributed by atoms with Crippen molar-refractivity contribution < 1.29 is 31.5 Å². The van der Waals surface area contributed by atoms with E-state index in [-0.39, 0.29) is 38.5 Å². The molecule has 0 unspecified atom stereocenters. The van der Waals surface area contributed by atoms with E-state index in [1.165, 1.54) is 54.2 Å². The van der Waals surface area contributed by atoms with Crippen molar-refractivity contribution in [2.45, 2.75) is 11.2 Å². The molecule has 1 aliphatic heterocycles. The molecule has 1 aromatic heterocycles. The molecule has 0 atom stereocenters. The summed E-state index contributed by atoms with van der Waals surface area (Å²) in [4.78, 5) is 16.3. The molecular weight excluding hydrogens is 444 g/mol. The molecule has 156 valence electrons. The van der Waals surface area contributed by atoms with Gasteiger partial charge in [0.1, 0.15) is 16.4 Å². The van der Waals surface area contributed by atoms with Gasteiger partial charge in [0, 0.05) is 13.2 Å². The number of amides is 1. The number of para-hydroxylation sites is 1. The van der Waals surface area contributed by atoms with E-state index in [4.69, 9.17) is 11.6 Å². The Hall–Kier alpha value is -3.18. The number of ether oxygens (including phenoxy) is 2. The molecule has 2 aromatic carbocycles. The molecule has 8 nitrogen and oxygen atoms in total. The van der Waals surface area contributed by atoms with E-state index in [9.17, 15) is 22.0 Å². The van der Waals surface area contributed by atoms with Gasteiger partial charge in [0.25, 0.3) is 15.9 Å². The summed E-state index contributed by atoms with van der Waals surface area (Å²) in [5.74, 6) is -1.36. The third kappa shape index (κ3) is 3.57. The summed E-state index contributed by atoms with van der Waals surface area (Å²) in [7, 11) is -2.75. The Morgan fingerprint density at radius 1 is 1.17 bits per heavy atom. The predicted molar refractivity (Wildman–Crippen MR) is 101 cm³/mol. The zero-order valence-corrected chi connectivity index (χ0v) is 16.7. The number of aryl methyl sites for hydroxylation is 1. The Labute approximate surface area is 174 Å². The minimum atomic E-state index is -4.26. The van der Waals surface area contributed by atoms with Gasteiger partial charge in [-0.25, -0.2) is 18.1 Å². The molecule has 0 saturated carbocycles. The first-order valence-corrected chi connectivity index (χ1v) is 10.2. The Bertz CT molecular complexity index is 1280. The van der Waals surface area contributed by atoms with Crippen molar-refractivity contribution in [3.8, 4) is 22.9 Å². The van der Waals surface area contributed by atoms with Crippen LogP contribution in [0.15, 0.2) is 53.6 Å². The van der Waals surface area contributed by atoms with Gasteiger partial charge < -0.3 is 14.0 Å². The summed E-state index contributed by atoms with van der Waals surface area (Å²) in [5.41, 5.74) is -0.119. The molecule has 0 fully saturated rings. The van der Waals surface area contributed by atoms with Crippen LogP contribution < -0.4 is 14.2 Å². The zero-order valence-electron chi connectivity index (χ0n) is 15.1. The normalized spacial score (nSPS) is 14.5. The smallest absolute Gasteiger partial charge is 0.395 e. The molecule has 1 amide bonds. The standard InChI is InChI=1S/C18H12ClF2N3O5S/c1-24-9-12(17(25)23-30(26,27)14-8-3-2-6-11(14)19)22-16(24)10-5-4-7-13-15(10)29-18(20,21)28-13/h2-9H,1H3,(H,23,25). The first-order chi connectivity index (χ1) is 14.1. The number of hydrogen-bond acceptors (Lipinski definition) is 6. The molecule has 3 aromatic rings. The van der Waals surface area contributed by atoms with Crippen LogP contribution in [0.5, 0.6) is 11.5 Å². The van der Waals surface area contributed by atoms with Crippen LogP contribution in [0, 0.1) is 0 Å². The molecule has 30 heavy (non-hydrogen) atoms. The van der Waals surface area contributed by atoms with E-state index in [1.54, 1.807) is 6.07 Å². The highest BCUT2D eigenvalue weighted by molar-refractivity contribution is 7.90. The summed E-state index contributed by atoms with van der Waals surface area (Å²) in [6, 6.07) is 9.81. The molecule has 2 heterocycles. The maximum atomic E-state index is 13.4. The monoisotopic (exact) mass is 455 g/mol. The maximum absolute atomic E-state index is 13.4. The van der Waals surface area contributed by atoms with Crippen LogP contribution in [-0.2, 0) is 17.1 Å². The SMILES string of the molecule is Cn1cc(C(=O)NS(=O)(=O)c2ccccc2Cl)nc1-c1cccc2c1OC(F)(F)O2. The second-order valence-electron chi connectivity index (χ2n) is 6.23. The quantitative estimate of drug-likeness (QED) is 0.648. The van der Waals surface area contributed by atoms with E-state index in [1.807, 2.05) is 4.72 Å². The maximum Gasteiger partial charge on any atom is 0.586 e. The van der Waals surface area contributed by atoms with Crippen molar-refractivity contribution in [1.29, 1.82) is 0 Å². The minimum absolute atomic E-state index is 0.0579. The number of rotatable bonds is 4. The van der Waals surface area contributed by atoms with Crippen LogP contribution in [0.3, 0.4) is 0 Å². The molecule has 0 radical (unpaired) electrons. The van der Waals surface area contributed by atoms with Crippen LogP contribution >= 0.6 is 11.6 Å². The first-order valence-electron chi connectivity index (χ1n) is 8.32. The number of carbonyl (C=O) groups is 1. The molecule has 0 aliphatic carbocycles. The van der Waals surface area contributed by atoms with Crippen LogP contribution in [0.25, 0.3) is 11.4 Å². The van der Waals surface area contributed by atoms with Gasteiger partial charge in [0.2, 0.25) is 0 Å². The molecular formula is C18H12ClF2N3O5S. The molecule has 12 heteroatoms. The van der Waals surface area contributed by atoms with Crippen LogP contribution in [0.4, 0.5) is 8.78 Å². The van der Waals surface area contributed by atoms with Gasteiger partial charge in [0.05, 0.1) is 10.6 Å². The Morgan fingerprint density at radius 3 is 2.63 bits per heavy atom. The number of nitrogens with one attached hydrogen (secondary N) is 1. The number of fused-ring (bicyclic) bond motifs is 1. The van der Waals surface area contributed by atoms with Crippen molar-refractivity contribution in [2.24, 2.45) is 7.05 Å². The number of benzene rings is 2. The summed E-state index contributed by atoms with van der Waals surface area (Å²) < 4.78 is 64.0. The van der Waals surface area contributed by atoms with Gasteiger partial charge in [-0.3, -0.25) is 4.79 Å². The van der Waals surface area contributed by atoms with Crippen molar-refractivity contribution in [2.75, 3.05) is 0 Å². The van der Waals surface area contributed by atoms with Gasteiger partial charge in [-0.2, -0.15) is 0 Å². The molecule has 0 spiro atoms. The topological polar surface area (TPSA) is 99.5 Å². The molecule has 0 saturated heterocycles. The fourth-order valence-electron chi connectivity index (χ4n) is 2.86. The molecule has 1 N–H and O–H groups in total. The number of nitrogens with zero attached hydrogens (tertiary/aromatic N) is 2. The Balaban J connectivity index is 1.66. The third-order valence-electron chi connectivity index (χ3n) is 4.13. The van der Waals surface area contributed by atoms with E-state index >= 15 is 0 Å². The van der Waals surface area contributed by atoms with Crippen LogP contribution in [0.2, 0.25) is 5.02 Å². The zero-order chi connectivity index (χ0) is 21.7. The van der Waals surface area contributed by atoms with Gasteiger partial charge in [0.15, 0.2) is 11.5 Å². The fraction of sp³-hybridized carbons (Fsp3) is 0.111. The van der Waals surface area contributed by atoms with Crippen LogP contribution in [-0.4, -0.2) is 30.2 Å². The molecule has 0 bridgehead atoms. The highest BCUT2D eigenvalue weighted by Gasteiger charge is 2.45. The van der Waals surface area contributed by atoms with E-state index in [0.29, 0.717) is 0 Å². The number of aromatic nitrogens is 2. The van der Waals surface area contributed by atoms with Gasteiger partial charge in [-0.15, -0.1) is 8.78 Å². The lowest BCUT2D eigenvalue weighted by Crippen LogP contribution is -2.31. The highest BCUT2D eigenvalue weighted by Crippen LogP contribution is 2.46. The molecule has 4 rings (SSSR count). The molecule has 1 aliphatic rings. The highest BCUT2D eigenvalue weighted by atomic mass is 35.5. The second kappa shape index (κ2) is 6.96. The number of alkyl halides is 2. The number of sulfonamides is 1. The lowest BCUT2D eigenvalue weighted by Gasteiger charge is -2.07. The summed E-state index contributed by atoms with van der Waals surface area (Å²) >= 11 is 5.89. The first kappa shape index (κ1) is 20.1. The van der Waals surface area contributed by atoms with Gasteiger partial charge in [-0.1, -0.05) is 29.8 Å². The van der Waals surface area contributed by atoms with Gasteiger partial charge in [-0.05, 0) is 24.3 Å². The number of halogens is 3. The Kier molecular flexibility index (Phi) is 4.66. The summed E-state index contributed by atoms with van der Waals surface area (Å²) in [6.07, 6.45) is -2.58. The lowest BCUT2D eigenvalue weighted by molar-refractivity contribution is -0.286. The summed E-state index contributed by atoms with van der Waals surface area (Å²) in [5, 5.41) is -0.0579. The fourth-order valence-corrected chi connectivity index (χ4v) is 4.34. The minimum Gasteiger partial charge on any atom is -0.395 e. The average Bonchev–Trinajstić information content (AvgIpc) is 3.19. The predicted octanol–water partition coefficient (Wildman–Crippen LogP) is 3.18. The van der Waals surface area contributed by atoms with E-state index in [2.05, 4.69) is 14.5 Å². The van der Waals surface area contributed by atoms with Crippen molar-refractivity contribution in [1.82, 2.24) is 14.3 Å². The van der Waals surface area contributed by atoms with Crippen molar-refractivity contribution >= 4 is 27.5 Å². The number of hydrogen-bond donors (Lipinski definition) is 1. The number of imidazole rings is 1.